The second kappa shape index (κ2) is 6.23. The minimum atomic E-state index is -1.64. The molecule has 2 atom stereocenters. The van der Waals surface area contributed by atoms with E-state index in [0.717, 1.165) is 12.8 Å². The lowest BCUT2D eigenvalue weighted by Crippen LogP contribution is -2.47. The molecular formula is C11H19BrO4. The molecular weight excluding hydrogens is 276 g/mol. The molecule has 4 nitrogen and oxygen atoms in total. The third-order valence-corrected chi connectivity index (χ3v) is 3.99. The average molecular weight is 295 g/mol. The van der Waals surface area contributed by atoms with E-state index in [-0.39, 0.29) is 12.0 Å². The molecule has 0 fully saturated rings. The molecule has 0 aromatic heterocycles. The lowest BCUT2D eigenvalue weighted by Gasteiger charge is -2.26. The van der Waals surface area contributed by atoms with Gasteiger partial charge in [0.1, 0.15) is 0 Å². The number of aliphatic carboxylic acids is 1. The summed E-state index contributed by atoms with van der Waals surface area (Å²) >= 11 is 2.99. The maximum atomic E-state index is 11.8. The summed E-state index contributed by atoms with van der Waals surface area (Å²) in [5.74, 6) is -2.32. The second-order valence-corrected chi connectivity index (χ2v) is 5.43. The summed E-state index contributed by atoms with van der Waals surface area (Å²) in [5, 5.41) is 9.07. The van der Waals surface area contributed by atoms with Gasteiger partial charge in [0, 0.05) is 0 Å². The molecule has 0 saturated heterocycles. The van der Waals surface area contributed by atoms with Gasteiger partial charge in [0.25, 0.3) is 0 Å². The maximum absolute atomic E-state index is 11.8. The van der Waals surface area contributed by atoms with Crippen LogP contribution in [0.2, 0.25) is 0 Å². The van der Waals surface area contributed by atoms with Gasteiger partial charge in [-0.05, 0) is 19.3 Å². The van der Waals surface area contributed by atoms with Crippen LogP contribution in [0.4, 0.5) is 0 Å². The third-order valence-electron chi connectivity index (χ3n) is 2.41. The van der Waals surface area contributed by atoms with Crippen molar-refractivity contribution < 1.29 is 19.4 Å². The van der Waals surface area contributed by atoms with Crippen molar-refractivity contribution in [1.82, 2.24) is 0 Å². The molecule has 0 heterocycles. The number of alkyl halides is 1. The molecule has 1 N–H and O–H groups in total. The van der Waals surface area contributed by atoms with E-state index in [1.807, 2.05) is 6.92 Å². The molecule has 2 unspecified atom stereocenters. The predicted octanol–water partition coefficient (Wildman–Crippen LogP) is 2.59. The van der Waals surface area contributed by atoms with E-state index in [2.05, 4.69) is 15.9 Å². The quantitative estimate of drug-likeness (QED) is 0.465. The molecule has 0 aliphatic heterocycles. The topological polar surface area (TPSA) is 63.6 Å². The van der Waals surface area contributed by atoms with E-state index in [1.54, 1.807) is 20.8 Å². The second-order valence-electron chi connectivity index (χ2n) is 4.18. The molecule has 0 aliphatic rings. The number of ether oxygens (including phenoxy) is 1. The van der Waals surface area contributed by atoms with Gasteiger partial charge in [0.05, 0.1) is 6.10 Å². The molecule has 5 heteroatoms. The molecule has 0 rings (SSSR count). The minimum absolute atomic E-state index is 0.257. The summed E-state index contributed by atoms with van der Waals surface area (Å²) in [4.78, 5) is 22.9. The van der Waals surface area contributed by atoms with Gasteiger partial charge in [0.2, 0.25) is 4.32 Å². The van der Waals surface area contributed by atoms with Crippen LogP contribution in [0.3, 0.4) is 0 Å². The fourth-order valence-electron chi connectivity index (χ4n) is 1.30. The Labute approximate surface area is 104 Å². The molecule has 0 bridgehead atoms. The van der Waals surface area contributed by atoms with Crippen molar-refractivity contribution in [3.8, 4) is 0 Å². The molecule has 16 heavy (non-hydrogen) atoms. The first-order valence-corrected chi connectivity index (χ1v) is 6.19. The molecule has 94 valence electrons. The molecule has 0 aromatic carbocycles. The molecule has 0 spiro atoms. The van der Waals surface area contributed by atoms with Crippen LogP contribution in [0.25, 0.3) is 0 Å². The number of carbonyl (C=O) groups excluding carboxylic acids is 1. The SMILES string of the molecule is CCCC(C)OC(=O)C(Br)(C(=O)O)C(C)C. The Hall–Kier alpha value is -0.580. The van der Waals surface area contributed by atoms with E-state index in [1.165, 1.54) is 0 Å². The van der Waals surface area contributed by atoms with Gasteiger partial charge in [-0.2, -0.15) is 0 Å². The van der Waals surface area contributed by atoms with Crippen LogP contribution in [-0.2, 0) is 14.3 Å². The van der Waals surface area contributed by atoms with Crippen molar-refractivity contribution in [3.05, 3.63) is 0 Å². The van der Waals surface area contributed by atoms with Gasteiger partial charge in [-0.25, -0.2) is 4.79 Å². The number of halogens is 1. The molecule has 0 aliphatic carbocycles. The Morgan fingerprint density at radius 1 is 1.38 bits per heavy atom. The molecule has 0 aromatic rings. The smallest absolute Gasteiger partial charge is 0.335 e. The van der Waals surface area contributed by atoms with E-state index in [9.17, 15) is 9.59 Å². The highest BCUT2D eigenvalue weighted by Gasteiger charge is 2.48. The van der Waals surface area contributed by atoms with Crippen LogP contribution in [0.5, 0.6) is 0 Å². The van der Waals surface area contributed by atoms with Crippen molar-refractivity contribution in [2.45, 2.75) is 51.0 Å². The van der Waals surface area contributed by atoms with Gasteiger partial charge in [-0.15, -0.1) is 0 Å². The van der Waals surface area contributed by atoms with Crippen LogP contribution in [0.15, 0.2) is 0 Å². The van der Waals surface area contributed by atoms with E-state index in [4.69, 9.17) is 9.84 Å². The van der Waals surface area contributed by atoms with E-state index < -0.39 is 16.3 Å². The fourth-order valence-corrected chi connectivity index (χ4v) is 1.40. The zero-order chi connectivity index (χ0) is 12.9. The number of hydrogen-bond acceptors (Lipinski definition) is 3. The van der Waals surface area contributed by atoms with Gasteiger partial charge in [-0.3, -0.25) is 4.79 Å². The summed E-state index contributed by atoms with van der Waals surface area (Å²) in [6.07, 6.45) is 1.36. The van der Waals surface area contributed by atoms with Gasteiger partial charge in [0.15, 0.2) is 0 Å². The van der Waals surface area contributed by atoms with Crippen molar-refractivity contribution in [1.29, 1.82) is 0 Å². The highest BCUT2D eigenvalue weighted by molar-refractivity contribution is 9.10. The van der Waals surface area contributed by atoms with Crippen molar-refractivity contribution in [3.63, 3.8) is 0 Å². The van der Waals surface area contributed by atoms with Crippen molar-refractivity contribution in [2.24, 2.45) is 5.92 Å². The summed E-state index contributed by atoms with van der Waals surface area (Å²) in [6, 6.07) is 0. The molecule has 0 amide bonds. The summed E-state index contributed by atoms with van der Waals surface area (Å²) in [5.41, 5.74) is 0. The first-order valence-electron chi connectivity index (χ1n) is 5.40. The van der Waals surface area contributed by atoms with Crippen molar-refractivity contribution >= 4 is 27.9 Å². The summed E-state index contributed by atoms with van der Waals surface area (Å²) in [6.45, 7) is 7.06. The van der Waals surface area contributed by atoms with Crippen molar-refractivity contribution in [2.75, 3.05) is 0 Å². The normalized spacial score (nSPS) is 16.6. The Bertz CT molecular complexity index is 265. The first kappa shape index (κ1) is 15.4. The lowest BCUT2D eigenvalue weighted by atomic mass is 9.96. The Morgan fingerprint density at radius 3 is 2.19 bits per heavy atom. The van der Waals surface area contributed by atoms with Crippen LogP contribution in [-0.4, -0.2) is 27.5 Å². The van der Waals surface area contributed by atoms with E-state index in [0.29, 0.717) is 0 Å². The highest BCUT2D eigenvalue weighted by atomic mass is 79.9. The minimum Gasteiger partial charge on any atom is -0.480 e. The monoisotopic (exact) mass is 294 g/mol. The third kappa shape index (κ3) is 3.47. The van der Waals surface area contributed by atoms with Crippen LogP contribution < -0.4 is 0 Å². The molecule has 0 saturated carbocycles. The summed E-state index contributed by atoms with van der Waals surface area (Å²) in [7, 11) is 0. The largest absolute Gasteiger partial charge is 0.480 e. The Balaban J connectivity index is 4.71. The van der Waals surface area contributed by atoms with Gasteiger partial charge >= 0.3 is 11.9 Å². The average Bonchev–Trinajstić information content (AvgIpc) is 2.15. The van der Waals surface area contributed by atoms with Gasteiger partial charge in [-0.1, -0.05) is 43.1 Å². The number of carboxylic acid groups (broad SMARTS) is 1. The molecule has 0 radical (unpaired) electrons. The van der Waals surface area contributed by atoms with Crippen LogP contribution >= 0.6 is 15.9 Å². The zero-order valence-electron chi connectivity index (χ0n) is 10.1. The van der Waals surface area contributed by atoms with E-state index >= 15 is 0 Å². The van der Waals surface area contributed by atoms with Crippen LogP contribution in [0.1, 0.15) is 40.5 Å². The summed E-state index contributed by atoms with van der Waals surface area (Å²) < 4.78 is 3.47. The Kier molecular flexibility index (Phi) is 6.00. The standard InChI is InChI=1S/C11H19BrO4/c1-5-6-8(4)16-10(15)11(12,7(2)3)9(13)14/h7-8H,5-6H2,1-4H3,(H,13,14). The maximum Gasteiger partial charge on any atom is 0.335 e. The number of hydrogen-bond donors (Lipinski definition) is 1. The predicted molar refractivity (Wildman–Crippen MR) is 64.6 cm³/mol. The number of carbonyl (C=O) groups is 2. The van der Waals surface area contributed by atoms with Gasteiger partial charge < -0.3 is 9.84 Å². The van der Waals surface area contributed by atoms with Crippen LogP contribution in [0, 0.1) is 5.92 Å². The lowest BCUT2D eigenvalue weighted by molar-refractivity contribution is -0.160. The Morgan fingerprint density at radius 2 is 1.88 bits per heavy atom. The highest BCUT2D eigenvalue weighted by Crippen LogP contribution is 2.30. The number of carboxylic acids is 1. The number of esters is 1. The zero-order valence-corrected chi connectivity index (χ0v) is 11.7. The fraction of sp³-hybridized carbons (Fsp3) is 0.818. The number of rotatable bonds is 6. The first-order chi connectivity index (χ1) is 7.26.